The standard InChI is InChI=1S/C32H28N6O4S/c1-41-26-16-17-29(42-2)23(18-26)19-28(34-31(39)22-10-5-3-6-11-22)32(40)33-24-12-9-15-27(20-24)43-21-30-35-36-37-38(30)25-13-7-4-8-14-25/h3-20H,21H2,1-2H3,(H,33,40)(H,34,39)/b28-19+. The van der Waals surface area contributed by atoms with Crippen LogP contribution in [0.4, 0.5) is 5.69 Å². The van der Waals surface area contributed by atoms with Crippen LogP contribution in [0.3, 0.4) is 0 Å². The van der Waals surface area contributed by atoms with Gasteiger partial charge in [0.1, 0.15) is 17.2 Å². The number of anilines is 1. The van der Waals surface area contributed by atoms with Crippen LogP contribution >= 0.6 is 11.8 Å². The fourth-order valence-electron chi connectivity index (χ4n) is 4.13. The molecule has 0 unspecified atom stereocenters. The van der Waals surface area contributed by atoms with E-state index in [0.717, 1.165) is 10.6 Å². The molecule has 0 spiro atoms. The summed E-state index contributed by atoms with van der Waals surface area (Å²) in [4.78, 5) is 27.5. The van der Waals surface area contributed by atoms with Crippen LogP contribution < -0.4 is 20.1 Å². The third-order valence-corrected chi connectivity index (χ3v) is 7.25. The highest BCUT2D eigenvalue weighted by Gasteiger charge is 2.17. The Bertz CT molecular complexity index is 1740. The third-order valence-electron chi connectivity index (χ3n) is 6.26. The van der Waals surface area contributed by atoms with Crippen molar-refractivity contribution in [3.8, 4) is 17.2 Å². The lowest BCUT2D eigenvalue weighted by atomic mass is 10.1. The Morgan fingerprint density at radius 2 is 1.65 bits per heavy atom. The zero-order valence-corrected chi connectivity index (χ0v) is 24.2. The predicted molar refractivity (Wildman–Crippen MR) is 165 cm³/mol. The fourth-order valence-corrected chi connectivity index (χ4v) is 4.99. The molecule has 10 nitrogen and oxygen atoms in total. The zero-order valence-electron chi connectivity index (χ0n) is 23.4. The van der Waals surface area contributed by atoms with E-state index < -0.39 is 11.8 Å². The third kappa shape index (κ3) is 7.46. The number of carbonyl (C=O) groups excluding carboxylic acids is 2. The zero-order chi connectivity index (χ0) is 30.0. The summed E-state index contributed by atoms with van der Waals surface area (Å²) < 4.78 is 12.5. The first-order chi connectivity index (χ1) is 21.0. The lowest BCUT2D eigenvalue weighted by Crippen LogP contribution is -2.30. The van der Waals surface area contributed by atoms with Gasteiger partial charge in [-0.1, -0.05) is 42.5 Å². The Morgan fingerprint density at radius 1 is 0.884 bits per heavy atom. The van der Waals surface area contributed by atoms with Gasteiger partial charge in [0.15, 0.2) is 5.82 Å². The number of para-hydroxylation sites is 1. The van der Waals surface area contributed by atoms with Crippen LogP contribution in [0.5, 0.6) is 11.5 Å². The molecule has 2 amide bonds. The molecule has 4 aromatic carbocycles. The van der Waals surface area contributed by atoms with Crippen LogP contribution in [0.1, 0.15) is 21.7 Å². The smallest absolute Gasteiger partial charge is 0.272 e. The predicted octanol–water partition coefficient (Wildman–Crippen LogP) is 5.38. The van der Waals surface area contributed by atoms with Gasteiger partial charge in [-0.15, -0.1) is 16.9 Å². The summed E-state index contributed by atoms with van der Waals surface area (Å²) in [6, 6.07) is 30.9. The molecule has 0 aliphatic rings. The molecule has 0 saturated heterocycles. The number of rotatable bonds is 11. The Balaban J connectivity index is 1.36. The summed E-state index contributed by atoms with van der Waals surface area (Å²) in [5, 5.41) is 17.8. The largest absolute Gasteiger partial charge is 0.497 e. The average Bonchev–Trinajstić information content (AvgIpc) is 3.53. The van der Waals surface area contributed by atoms with E-state index in [-0.39, 0.29) is 5.70 Å². The summed E-state index contributed by atoms with van der Waals surface area (Å²) in [5.74, 6) is 1.34. The number of tetrazole rings is 1. The van der Waals surface area contributed by atoms with Crippen molar-refractivity contribution in [3.63, 3.8) is 0 Å². The maximum Gasteiger partial charge on any atom is 0.272 e. The van der Waals surface area contributed by atoms with Gasteiger partial charge in [0.2, 0.25) is 0 Å². The number of aromatic nitrogens is 4. The minimum atomic E-state index is -0.510. The number of carbonyl (C=O) groups is 2. The molecule has 43 heavy (non-hydrogen) atoms. The van der Waals surface area contributed by atoms with Crippen molar-refractivity contribution >= 4 is 35.3 Å². The number of thioether (sulfide) groups is 1. The van der Waals surface area contributed by atoms with Crippen LogP contribution in [0.15, 0.2) is 114 Å². The molecule has 0 bridgehead atoms. The van der Waals surface area contributed by atoms with E-state index in [4.69, 9.17) is 9.47 Å². The van der Waals surface area contributed by atoms with E-state index in [1.54, 1.807) is 66.4 Å². The molecule has 5 rings (SSSR count). The second-order valence-electron chi connectivity index (χ2n) is 9.10. The number of amides is 2. The average molecular weight is 593 g/mol. The van der Waals surface area contributed by atoms with Crippen LogP contribution in [-0.2, 0) is 10.5 Å². The number of ether oxygens (including phenoxy) is 2. The monoisotopic (exact) mass is 592 g/mol. The molecule has 0 aliphatic carbocycles. The summed E-state index contributed by atoms with van der Waals surface area (Å²) in [6.45, 7) is 0. The molecule has 0 atom stereocenters. The van der Waals surface area contributed by atoms with Crippen molar-refractivity contribution in [2.75, 3.05) is 19.5 Å². The highest BCUT2D eigenvalue weighted by atomic mass is 32.2. The molecule has 0 radical (unpaired) electrons. The Hall–Kier alpha value is -5.42. The van der Waals surface area contributed by atoms with E-state index in [9.17, 15) is 9.59 Å². The highest BCUT2D eigenvalue weighted by Crippen LogP contribution is 2.28. The van der Waals surface area contributed by atoms with Crippen molar-refractivity contribution in [1.29, 1.82) is 0 Å². The second kappa shape index (κ2) is 14.0. The minimum Gasteiger partial charge on any atom is -0.497 e. The van der Waals surface area contributed by atoms with Crippen molar-refractivity contribution in [2.45, 2.75) is 10.6 Å². The molecule has 0 saturated carbocycles. The Kier molecular flexibility index (Phi) is 9.45. The van der Waals surface area contributed by atoms with Gasteiger partial charge in [-0.2, -0.15) is 4.68 Å². The van der Waals surface area contributed by atoms with E-state index in [0.29, 0.717) is 39.9 Å². The Labute approximate surface area is 252 Å². The first-order valence-corrected chi connectivity index (χ1v) is 14.2. The van der Waals surface area contributed by atoms with Crippen molar-refractivity contribution < 1.29 is 19.1 Å². The van der Waals surface area contributed by atoms with Crippen LogP contribution in [0.2, 0.25) is 0 Å². The second-order valence-corrected chi connectivity index (χ2v) is 10.1. The molecule has 2 N–H and O–H groups in total. The van der Waals surface area contributed by atoms with Gasteiger partial charge < -0.3 is 20.1 Å². The Morgan fingerprint density at radius 3 is 2.40 bits per heavy atom. The van der Waals surface area contributed by atoms with Crippen LogP contribution in [0, 0.1) is 0 Å². The number of nitrogens with one attached hydrogen (secondary N) is 2. The number of methoxy groups -OCH3 is 2. The van der Waals surface area contributed by atoms with Gasteiger partial charge in [0.05, 0.1) is 25.7 Å². The van der Waals surface area contributed by atoms with Crippen molar-refractivity contribution in [3.05, 3.63) is 126 Å². The first-order valence-electron chi connectivity index (χ1n) is 13.2. The quantitative estimate of drug-likeness (QED) is 0.155. The van der Waals surface area contributed by atoms with Crippen LogP contribution in [0.25, 0.3) is 11.8 Å². The van der Waals surface area contributed by atoms with Gasteiger partial charge >= 0.3 is 0 Å². The minimum absolute atomic E-state index is 0.0282. The van der Waals surface area contributed by atoms with Gasteiger partial charge in [-0.3, -0.25) is 9.59 Å². The lowest BCUT2D eigenvalue weighted by Gasteiger charge is -2.13. The molecule has 5 aromatic rings. The molecule has 1 heterocycles. The summed E-state index contributed by atoms with van der Waals surface area (Å²) in [7, 11) is 3.08. The number of hydrogen-bond donors (Lipinski definition) is 2. The van der Waals surface area contributed by atoms with Gasteiger partial charge in [-0.05, 0) is 77.2 Å². The summed E-state index contributed by atoms with van der Waals surface area (Å²) in [6.07, 6.45) is 1.56. The number of nitrogens with zero attached hydrogens (tertiary/aromatic N) is 4. The molecule has 11 heteroatoms. The maximum atomic E-state index is 13.6. The number of hydrogen-bond acceptors (Lipinski definition) is 8. The number of benzene rings is 4. The van der Waals surface area contributed by atoms with E-state index in [1.165, 1.54) is 18.9 Å². The highest BCUT2D eigenvalue weighted by molar-refractivity contribution is 7.98. The normalized spacial score (nSPS) is 11.1. The van der Waals surface area contributed by atoms with Crippen molar-refractivity contribution in [2.24, 2.45) is 0 Å². The van der Waals surface area contributed by atoms with Gasteiger partial charge in [0.25, 0.3) is 11.8 Å². The topological polar surface area (TPSA) is 120 Å². The molecular formula is C32H28N6O4S. The summed E-state index contributed by atoms with van der Waals surface area (Å²) in [5.41, 5.74) is 2.42. The summed E-state index contributed by atoms with van der Waals surface area (Å²) >= 11 is 1.53. The van der Waals surface area contributed by atoms with Crippen LogP contribution in [-0.4, -0.2) is 46.2 Å². The van der Waals surface area contributed by atoms with E-state index >= 15 is 0 Å². The fraction of sp³-hybridized carbons (Fsp3) is 0.0938. The molecule has 0 aliphatic heterocycles. The molecular weight excluding hydrogens is 564 g/mol. The lowest BCUT2D eigenvalue weighted by molar-refractivity contribution is -0.113. The maximum absolute atomic E-state index is 13.6. The van der Waals surface area contributed by atoms with Gasteiger partial charge in [0, 0.05) is 21.7 Å². The SMILES string of the molecule is COc1ccc(OC)c(/C=C(/NC(=O)c2ccccc2)C(=O)Nc2cccc(SCc3nnnn3-c3ccccc3)c2)c1. The molecule has 0 fully saturated rings. The first kappa shape index (κ1) is 29.1. The van der Waals surface area contributed by atoms with E-state index in [2.05, 4.69) is 26.2 Å². The van der Waals surface area contributed by atoms with Crippen molar-refractivity contribution in [1.82, 2.24) is 25.5 Å². The van der Waals surface area contributed by atoms with Gasteiger partial charge in [-0.25, -0.2) is 0 Å². The molecule has 216 valence electrons. The van der Waals surface area contributed by atoms with E-state index in [1.807, 2.05) is 54.6 Å². The molecule has 1 aromatic heterocycles.